The predicted molar refractivity (Wildman–Crippen MR) is 44.7 cm³/mol. The predicted octanol–water partition coefficient (Wildman–Crippen LogP) is 1.24. The fourth-order valence-electron chi connectivity index (χ4n) is 1.27. The third kappa shape index (κ3) is 1.82. The van der Waals surface area contributed by atoms with Gasteiger partial charge in [-0.05, 0) is 13.3 Å². The molecule has 0 aromatic heterocycles. The summed E-state index contributed by atoms with van der Waals surface area (Å²) in [6, 6.07) is 0. The van der Waals surface area contributed by atoms with Crippen molar-refractivity contribution in [3.63, 3.8) is 0 Å². The third-order valence-corrected chi connectivity index (χ3v) is 2.31. The van der Waals surface area contributed by atoms with Crippen molar-refractivity contribution in [2.45, 2.75) is 33.1 Å². The maximum Gasteiger partial charge on any atom is 0.326 e. The summed E-state index contributed by atoms with van der Waals surface area (Å²) in [7, 11) is 0. The van der Waals surface area contributed by atoms with E-state index < -0.39 is 17.4 Å². The topological polar surface area (TPSA) is 52.6 Å². The van der Waals surface area contributed by atoms with Gasteiger partial charge in [-0.25, -0.2) is 0 Å². The van der Waals surface area contributed by atoms with Gasteiger partial charge in [-0.15, -0.1) is 0 Å². The van der Waals surface area contributed by atoms with E-state index in [2.05, 4.69) is 9.47 Å². The molecule has 1 rings (SSSR count). The van der Waals surface area contributed by atoms with Crippen LogP contribution in [0.2, 0.25) is 0 Å². The molecule has 0 amide bonds. The zero-order chi connectivity index (χ0) is 9.90. The number of ether oxygens (including phenoxy) is 2. The Hall–Kier alpha value is -1.06. The quantitative estimate of drug-likeness (QED) is 0.491. The highest BCUT2D eigenvalue weighted by Crippen LogP contribution is 2.30. The van der Waals surface area contributed by atoms with Gasteiger partial charge < -0.3 is 9.47 Å². The van der Waals surface area contributed by atoms with Crippen LogP contribution in [0.3, 0.4) is 0 Å². The third-order valence-electron chi connectivity index (χ3n) is 2.31. The number of unbranched alkanes of at least 4 members (excludes halogenated alkanes) is 1. The molecule has 0 unspecified atom stereocenters. The summed E-state index contributed by atoms with van der Waals surface area (Å²) in [5.74, 6) is -0.922. The van der Waals surface area contributed by atoms with E-state index in [0.717, 1.165) is 12.8 Å². The lowest BCUT2D eigenvalue weighted by atomic mass is 9.84. The highest BCUT2D eigenvalue weighted by molar-refractivity contribution is 6.00. The molecule has 0 saturated carbocycles. The van der Waals surface area contributed by atoms with E-state index in [1.165, 1.54) is 0 Å². The normalized spacial score (nSPS) is 20.8. The van der Waals surface area contributed by atoms with E-state index in [0.29, 0.717) is 6.42 Å². The number of hydrogen-bond acceptors (Lipinski definition) is 4. The first-order valence-electron chi connectivity index (χ1n) is 4.45. The van der Waals surface area contributed by atoms with Crippen LogP contribution in [0, 0.1) is 5.41 Å². The fourth-order valence-corrected chi connectivity index (χ4v) is 1.27. The fraction of sp³-hybridized carbons (Fsp3) is 0.778. The number of carbonyl (C=O) groups is 2. The number of hydrogen-bond donors (Lipinski definition) is 0. The van der Waals surface area contributed by atoms with Crippen LogP contribution in [-0.4, -0.2) is 18.7 Å². The zero-order valence-corrected chi connectivity index (χ0v) is 7.96. The average molecular weight is 186 g/mol. The van der Waals surface area contributed by atoms with Gasteiger partial charge in [-0.1, -0.05) is 19.8 Å². The molecule has 0 aromatic rings. The van der Waals surface area contributed by atoms with E-state index in [4.69, 9.17) is 0 Å². The number of rotatable bonds is 3. The van der Waals surface area contributed by atoms with E-state index >= 15 is 0 Å². The van der Waals surface area contributed by atoms with Gasteiger partial charge in [0.2, 0.25) is 6.79 Å². The Balaban J connectivity index is 2.69. The van der Waals surface area contributed by atoms with Crippen LogP contribution in [0.15, 0.2) is 0 Å². The van der Waals surface area contributed by atoms with Crippen LogP contribution < -0.4 is 0 Å². The molecule has 0 atom stereocenters. The van der Waals surface area contributed by atoms with Crippen molar-refractivity contribution in [1.29, 1.82) is 0 Å². The Kier molecular flexibility index (Phi) is 2.90. The van der Waals surface area contributed by atoms with E-state index in [9.17, 15) is 9.59 Å². The average Bonchev–Trinajstić information content (AvgIpc) is 2.11. The minimum atomic E-state index is -1.08. The molecular weight excluding hydrogens is 172 g/mol. The second-order valence-electron chi connectivity index (χ2n) is 3.42. The molecule has 0 aromatic carbocycles. The Bertz CT molecular complexity index is 206. The molecule has 0 radical (unpaired) electrons. The van der Waals surface area contributed by atoms with Gasteiger partial charge in [-0.3, -0.25) is 9.59 Å². The Morgan fingerprint density at radius 3 is 2.31 bits per heavy atom. The molecule has 1 fully saturated rings. The van der Waals surface area contributed by atoms with Crippen LogP contribution in [0.25, 0.3) is 0 Å². The van der Waals surface area contributed by atoms with Gasteiger partial charge >= 0.3 is 11.9 Å². The molecule has 13 heavy (non-hydrogen) atoms. The summed E-state index contributed by atoms with van der Waals surface area (Å²) >= 11 is 0. The van der Waals surface area contributed by atoms with E-state index in [1.807, 2.05) is 6.92 Å². The van der Waals surface area contributed by atoms with Crippen molar-refractivity contribution in [2.24, 2.45) is 5.41 Å². The van der Waals surface area contributed by atoms with Gasteiger partial charge in [0.25, 0.3) is 0 Å². The van der Waals surface area contributed by atoms with Gasteiger partial charge in [0.15, 0.2) is 5.41 Å². The standard InChI is InChI=1S/C9H14O4/c1-3-4-5-9(2)7(10)12-6-13-8(9)11/h3-6H2,1-2H3. The molecule has 1 aliphatic heterocycles. The first-order chi connectivity index (χ1) is 6.11. The number of cyclic esters (lactones) is 2. The molecule has 0 N–H and O–H groups in total. The van der Waals surface area contributed by atoms with Crippen molar-refractivity contribution in [1.82, 2.24) is 0 Å². The maximum atomic E-state index is 11.3. The van der Waals surface area contributed by atoms with Crippen LogP contribution >= 0.6 is 0 Å². The van der Waals surface area contributed by atoms with Gasteiger partial charge in [0, 0.05) is 0 Å². The highest BCUT2D eigenvalue weighted by Gasteiger charge is 2.46. The summed E-state index contributed by atoms with van der Waals surface area (Å²) in [5, 5.41) is 0. The monoisotopic (exact) mass is 186 g/mol. The largest absolute Gasteiger partial charge is 0.427 e. The van der Waals surface area contributed by atoms with Gasteiger partial charge in [0.1, 0.15) is 0 Å². The molecule has 4 nitrogen and oxygen atoms in total. The molecule has 0 aliphatic carbocycles. The molecule has 1 aliphatic rings. The van der Waals surface area contributed by atoms with Crippen molar-refractivity contribution >= 4 is 11.9 Å². The van der Waals surface area contributed by atoms with Crippen LogP contribution in [-0.2, 0) is 19.1 Å². The lowest BCUT2D eigenvalue weighted by molar-refractivity contribution is -0.200. The summed E-state index contributed by atoms with van der Waals surface area (Å²) in [6.45, 7) is 3.34. The minimum Gasteiger partial charge on any atom is -0.427 e. The van der Waals surface area contributed by atoms with Gasteiger partial charge in [0.05, 0.1) is 0 Å². The lowest BCUT2D eigenvalue weighted by Gasteiger charge is -2.28. The molecule has 74 valence electrons. The maximum absolute atomic E-state index is 11.3. The Morgan fingerprint density at radius 1 is 1.31 bits per heavy atom. The summed E-state index contributed by atoms with van der Waals surface area (Å²) in [4.78, 5) is 22.6. The molecule has 1 saturated heterocycles. The van der Waals surface area contributed by atoms with Crippen LogP contribution in [0.5, 0.6) is 0 Å². The molecule has 4 heteroatoms. The van der Waals surface area contributed by atoms with E-state index in [-0.39, 0.29) is 6.79 Å². The van der Waals surface area contributed by atoms with Gasteiger partial charge in [-0.2, -0.15) is 0 Å². The first-order valence-corrected chi connectivity index (χ1v) is 4.45. The second kappa shape index (κ2) is 3.77. The SMILES string of the molecule is CCCCC1(C)C(=O)OCOC1=O. The molecule has 1 heterocycles. The highest BCUT2D eigenvalue weighted by atomic mass is 16.7. The lowest BCUT2D eigenvalue weighted by Crippen LogP contribution is -2.44. The zero-order valence-electron chi connectivity index (χ0n) is 7.96. The Morgan fingerprint density at radius 2 is 1.85 bits per heavy atom. The Labute approximate surface area is 77.2 Å². The van der Waals surface area contributed by atoms with Crippen molar-refractivity contribution in [3.05, 3.63) is 0 Å². The first kappa shape index (κ1) is 10.0. The van der Waals surface area contributed by atoms with Crippen molar-refractivity contribution in [3.8, 4) is 0 Å². The van der Waals surface area contributed by atoms with Crippen molar-refractivity contribution in [2.75, 3.05) is 6.79 Å². The molecular formula is C9H14O4. The van der Waals surface area contributed by atoms with Crippen LogP contribution in [0.1, 0.15) is 33.1 Å². The van der Waals surface area contributed by atoms with E-state index in [1.54, 1.807) is 6.92 Å². The summed E-state index contributed by atoms with van der Waals surface area (Å²) in [6.07, 6.45) is 2.26. The second-order valence-corrected chi connectivity index (χ2v) is 3.42. The summed E-state index contributed by atoms with van der Waals surface area (Å²) in [5.41, 5.74) is -1.08. The number of esters is 2. The smallest absolute Gasteiger partial charge is 0.326 e. The summed E-state index contributed by atoms with van der Waals surface area (Å²) < 4.78 is 9.36. The molecule has 0 spiro atoms. The van der Waals surface area contributed by atoms with Crippen LogP contribution in [0.4, 0.5) is 0 Å². The van der Waals surface area contributed by atoms with Crippen molar-refractivity contribution < 1.29 is 19.1 Å². The number of carbonyl (C=O) groups excluding carboxylic acids is 2. The molecule has 0 bridgehead atoms. The minimum absolute atomic E-state index is 0.237.